The van der Waals surface area contributed by atoms with Crippen molar-refractivity contribution in [2.24, 2.45) is 0 Å². The third kappa shape index (κ3) is 47.5. The Morgan fingerprint density at radius 1 is 0.383 bits per heavy atom. The molecule has 0 heterocycles. The second-order valence-electron chi connectivity index (χ2n) is 16.0. The quantitative estimate of drug-likeness (QED) is 0.0348. The molecular formula is C55H92O5. The summed E-state index contributed by atoms with van der Waals surface area (Å²) >= 11 is 0. The second-order valence-corrected chi connectivity index (χ2v) is 16.0. The van der Waals surface area contributed by atoms with Crippen molar-refractivity contribution >= 4 is 11.9 Å². The first-order chi connectivity index (χ1) is 29.6. The van der Waals surface area contributed by atoms with Crippen molar-refractivity contribution in [3.8, 4) is 0 Å². The number of allylic oxidation sites excluding steroid dienone is 16. The SMILES string of the molecule is CC/C=C\C/C=C\C/C=C\C/C=C\C/C=C\CCCCCC(=O)OCC(COCCCCCCCCCCCC)OC(=O)CCCCCCC/C=C\C/C=C\C/C=C\CC. The Kier molecular flexibility index (Phi) is 47.5. The molecule has 0 radical (unpaired) electrons. The summed E-state index contributed by atoms with van der Waals surface area (Å²) in [4.78, 5) is 25.3. The fourth-order valence-corrected chi connectivity index (χ4v) is 6.49. The van der Waals surface area contributed by atoms with Crippen molar-refractivity contribution in [2.45, 2.75) is 219 Å². The van der Waals surface area contributed by atoms with Crippen LogP contribution in [-0.4, -0.2) is 37.9 Å². The van der Waals surface area contributed by atoms with Crippen LogP contribution in [-0.2, 0) is 23.8 Å². The van der Waals surface area contributed by atoms with E-state index in [1.165, 1.54) is 64.2 Å². The summed E-state index contributed by atoms with van der Waals surface area (Å²) in [7, 11) is 0. The van der Waals surface area contributed by atoms with E-state index in [1.807, 2.05) is 0 Å². The molecule has 0 bridgehead atoms. The Bertz CT molecular complexity index is 1170. The average Bonchev–Trinajstić information content (AvgIpc) is 3.25. The highest BCUT2D eigenvalue weighted by Gasteiger charge is 2.17. The van der Waals surface area contributed by atoms with Crippen molar-refractivity contribution in [1.29, 1.82) is 0 Å². The van der Waals surface area contributed by atoms with Crippen LogP contribution in [0.15, 0.2) is 97.2 Å². The smallest absolute Gasteiger partial charge is 0.306 e. The molecule has 0 rings (SSSR count). The number of unbranched alkanes of at least 4 members (excludes halogenated alkanes) is 17. The Morgan fingerprint density at radius 2 is 0.750 bits per heavy atom. The first-order valence-electron chi connectivity index (χ1n) is 24.8. The van der Waals surface area contributed by atoms with Crippen LogP contribution in [0.25, 0.3) is 0 Å². The Morgan fingerprint density at radius 3 is 1.22 bits per heavy atom. The fourth-order valence-electron chi connectivity index (χ4n) is 6.49. The van der Waals surface area contributed by atoms with E-state index in [-0.39, 0.29) is 25.2 Å². The summed E-state index contributed by atoms with van der Waals surface area (Å²) < 4.78 is 17.3. The monoisotopic (exact) mass is 833 g/mol. The van der Waals surface area contributed by atoms with Gasteiger partial charge in [-0.15, -0.1) is 0 Å². The van der Waals surface area contributed by atoms with Gasteiger partial charge in [0.1, 0.15) is 6.61 Å². The van der Waals surface area contributed by atoms with Crippen LogP contribution in [0.4, 0.5) is 0 Å². The zero-order valence-corrected chi connectivity index (χ0v) is 39.2. The molecule has 60 heavy (non-hydrogen) atoms. The molecule has 0 fully saturated rings. The molecule has 342 valence electrons. The Labute approximate surface area is 371 Å². The van der Waals surface area contributed by atoms with Crippen molar-refractivity contribution in [2.75, 3.05) is 19.8 Å². The third-order valence-corrected chi connectivity index (χ3v) is 10.1. The summed E-state index contributed by atoms with van der Waals surface area (Å²) in [6.07, 6.45) is 66.9. The first kappa shape index (κ1) is 56.8. The van der Waals surface area contributed by atoms with E-state index < -0.39 is 6.10 Å². The maximum absolute atomic E-state index is 12.8. The molecule has 5 heteroatoms. The van der Waals surface area contributed by atoms with Gasteiger partial charge >= 0.3 is 11.9 Å². The predicted octanol–water partition coefficient (Wildman–Crippen LogP) is 16.7. The van der Waals surface area contributed by atoms with Gasteiger partial charge in [-0.25, -0.2) is 0 Å². The van der Waals surface area contributed by atoms with Gasteiger partial charge < -0.3 is 14.2 Å². The molecule has 5 nitrogen and oxygen atoms in total. The van der Waals surface area contributed by atoms with Crippen LogP contribution >= 0.6 is 0 Å². The largest absolute Gasteiger partial charge is 0.462 e. The molecule has 0 aliphatic rings. The molecular weight excluding hydrogens is 741 g/mol. The van der Waals surface area contributed by atoms with E-state index in [0.717, 1.165) is 116 Å². The maximum Gasteiger partial charge on any atom is 0.306 e. The normalized spacial score (nSPS) is 13.1. The number of hydrogen-bond acceptors (Lipinski definition) is 5. The van der Waals surface area contributed by atoms with E-state index in [2.05, 4.69) is 118 Å². The van der Waals surface area contributed by atoms with Crippen LogP contribution in [0.5, 0.6) is 0 Å². The minimum Gasteiger partial charge on any atom is -0.462 e. The fraction of sp³-hybridized carbons (Fsp3) is 0.673. The Balaban J connectivity index is 4.33. The lowest BCUT2D eigenvalue weighted by atomic mass is 10.1. The highest BCUT2D eigenvalue weighted by molar-refractivity contribution is 5.70. The molecule has 1 unspecified atom stereocenters. The number of ether oxygens (including phenoxy) is 3. The van der Waals surface area contributed by atoms with Crippen LogP contribution < -0.4 is 0 Å². The summed E-state index contributed by atoms with van der Waals surface area (Å²) in [5.41, 5.74) is 0. The Hall–Kier alpha value is -3.18. The van der Waals surface area contributed by atoms with Gasteiger partial charge in [-0.05, 0) is 96.3 Å². The molecule has 0 N–H and O–H groups in total. The molecule has 0 aliphatic carbocycles. The van der Waals surface area contributed by atoms with E-state index in [0.29, 0.717) is 19.4 Å². The number of carbonyl (C=O) groups excluding carboxylic acids is 2. The van der Waals surface area contributed by atoms with Gasteiger partial charge in [-0.3, -0.25) is 9.59 Å². The lowest BCUT2D eigenvalue weighted by molar-refractivity contribution is -0.163. The average molecular weight is 833 g/mol. The van der Waals surface area contributed by atoms with Crippen LogP contribution in [0.2, 0.25) is 0 Å². The predicted molar refractivity (Wildman–Crippen MR) is 260 cm³/mol. The number of hydrogen-bond donors (Lipinski definition) is 0. The second kappa shape index (κ2) is 50.2. The minimum absolute atomic E-state index is 0.0574. The minimum atomic E-state index is -0.561. The van der Waals surface area contributed by atoms with E-state index in [4.69, 9.17) is 14.2 Å². The standard InChI is InChI=1S/C55H92O5/c1-4-7-10-13-16-19-22-24-26-27-28-29-31-32-34-36-39-42-45-48-54(56)59-52-53(51-58-50-47-44-41-38-21-18-15-12-9-6-3)60-55(57)49-46-43-40-37-35-33-30-25-23-20-17-14-11-8-5-2/h7-8,10-11,16-17,19-20,24-26,28-30,32,34,53H,4-6,9,12-15,18,21-23,27,31,33,35-52H2,1-3H3/b10-7-,11-8-,19-16-,20-17-,26-24-,29-28-,30-25-,34-32-. The maximum atomic E-state index is 12.8. The summed E-state index contributed by atoms with van der Waals surface area (Å²) in [5.74, 6) is -0.457. The molecule has 0 amide bonds. The topological polar surface area (TPSA) is 61.8 Å². The van der Waals surface area contributed by atoms with Crippen molar-refractivity contribution in [3.63, 3.8) is 0 Å². The van der Waals surface area contributed by atoms with Gasteiger partial charge in [0.15, 0.2) is 6.10 Å². The lowest BCUT2D eigenvalue weighted by Gasteiger charge is -2.18. The summed E-state index contributed by atoms with van der Waals surface area (Å²) in [5, 5.41) is 0. The molecule has 0 saturated carbocycles. The van der Waals surface area contributed by atoms with Crippen molar-refractivity contribution < 1.29 is 23.8 Å². The highest BCUT2D eigenvalue weighted by atomic mass is 16.6. The molecule has 0 spiro atoms. The van der Waals surface area contributed by atoms with E-state index in [1.54, 1.807) is 0 Å². The van der Waals surface area contributed by atoms with Crippen molar-refractivity contribution in [3.05, 3.63) is 97.2 Å². The summed E-state index contributed by atoms with van der Waals surface area (Å²) in [6.45, 7) is 7.54. The van der Waals surface area contributed by atoms with Crippen LogP contribution in [0.1, 0.15) is 213 Å². The van der Waals surface area contributed by atoms with Gasteiger partial charge in [0.25, 0.3) is 0 Å². The molecule has 1 atom stereocenters. The molecule has 0 saturated heterocycles. The number of esters is 2. The molecule has 0 aliphatic heterocycles. The molecule has 0 aromatic carbocycles. The number of rotatable bonds is 44. The number of carbonyl (C=O) groups is 2. The zero-order valence-electron chi connectivity index (χ0n) is 39.2. The van der Waals surface area contributed by atoms with Crippen LogP contribution in [0.3, 0.4) is 0 Å². The van der Waals surface area contributed by atoms with Gasteiger partial charge in [0.05, 0.1) is 6.61 Å². The van der Waals surface area contributed by atoms with E-state index >= 15 is 0 Å². The lowest BCUT2D eigenvalue weighted by Crippen LogP contribution is -2.30. The van der Waals surface area contributed by atoms with Crippen molar-refractivity contribution in [1.82, 2.24) is 0 Å². The summed E-state index contributed by atoms with van der Waals surface area (Å²) in [6, 6.07) is 0. The van der Waals surface area contributed by atoms with Gasteiger partial charge in [-0.1, -0.05) is 201 Å². The third-order valence-electron chi connectivity index (χ3n) is 10.1. The van der Waals surface area contributed by atoms with Crippen LogP contribution in [0, 0.1) is 0 Å². The zero-order chi connectivity index (χ0) is 43.5. The highest BCUT2D eigenvalue weighted by Crippen LogP contribution is 2.13. The first-order valence-corrected chi connectivity index (χ1v) is 24.8. The molecule has 0 aromatic rings. The molecule has 0 aromatic heterocycles. The van der Waals surface area contributed by atoms with Gasteiger partial charge in [0, 0.05) is 19.4 Å². The van der Waals surface area contributed by atoms with E-state index in [9.17, 15) is 9.59 Å². The van der Waals surface area contributed by atoms with Gasteiger partial charge in [-0.2, -0.15) is 0 Å². The van der Waals surface area contributed by atoms with Gasteiger partial charge in [0.2, 0.25) is 0 Å².